The number of carbonyl (C=O) groups is 1. The van der Waals surface area contributed by atoms with Crippen molar-refractivity contribution in [1.29, 1.82) is 0 Å². The molecule has 0 saturated carbocycles. The Bertz CT molecular complexity index is 328. The minimum atomic E-state index is -0.265. The molecule has 3 heteroatoms. The normalized spacial score (nSPS) is 11.2. The molecule has 0 saturated heterocycles. The molecule has 0 fully saturated rings. The SMILES string of the molecule is COCCC(C)(C)Oc1ccc(C=O)cc1. The number of carbonyl (C=O) groups excluding carboxylic acids is 1. The van der Waals surface area contributed by atoms with E-state index in [9.17, 15) is 4.79 Å². The average Bonchev–Trinajstić information content (AvgIpc) is 2.27. The lowest BCUT2D eigenvalue weighted by atomic mass is 10.1. The monoisotopic (exact) mass is 222 g/mol. The Labute approximate surface area is 96.4 Å². The second-order valence-electron chi connectivity index (χ2n) is 4.29. The molecule has 3 nitrogen and oxygen atoms in total. The Morgan fingerprint density at radius 2 is 1.88 bits per heavy atom. The minimum Gasteiger partial charge on any atom is -0.488 e. The number of benzene rings is 1. The summed E-state index contributed by atoms with van der Waals surface area (Å²) < 4.78 is 10.8. The predicted molar refractivity (Wildman–Crippen MR) is 63.0 cm³/mol. The van der Waals surface area contributed by atoms with Gasteiger partial charge in [-0.1, -0.05) is 0 Å². The van der Waals surface area contributed by atoms with Crippen LogP contribution in [0.1, 0.15) is 30.6 Å². The highest BCUT2D eigenvalue weighted by Crippen LogP contribution is 2.21. The molecule has 0 atom stereocenters. The van der Waals surface area contributed by atoms with E-state index in [2.05, 4.69) is 0 Å². The summed E-state index contributed by atoms with van der Waals surface area (Å²) in [6.45, 7) is 4.69. The van der Waals surface area contributed by atoms with Crippen LogP contribution >= 0.6 is 0 Å². The van der Waals surface area contributed by atoms with Gasteiger partial charge in [-0.3, -0.25) is 4.79 Å². The lowest BCUT2D eigenvalue weighted by Gasteiger charge is -2.26. The van der Waals surface area contributed by atoms with Gasteiger partial charge < -0.3 is 9.47 Å². The van der Waals surface area contributed by atoms with Crippen LogP contribution in [0.15, 0.2) is 24.3 Å². The maximum atomic E-state index is 10.5. The Balaban J connectivity index is 2.60. The highest BCUT2D eigenvalue weighted by atomic mass is 16.5. The third kappa shape index (κ3) is 4.03. The van der Waals surface area contributed by atoms with E-state index < -0.39 is 0 Å². The van der Waals surface area contributed by atoms with Gasteiger partial charge in [0.1, 0.15) is 17.6 Å². The van der Waals surface area contributed by atoms with Crippen molar-refractivity contribution >= 4 is 6.29 Å². The summed E-state index contributed by atoms with van der Waals surface area (Å²) >= 11 is 0. The first kappa shape index (κ1) is 12.7. The molecule has 0 radical (unpaired) electrons. The lowest BCUT2D eigenvalue weighted by Crippen LogP contribution is -2.29. The van der Waals surface area contributed by atoms with Crippen molar-refractivity contribution in [3.8, 4) is 5.75 Å². The van der Waals surface area contributed by atoms with Crippen LogP contribution in [0.2, 0.25) is 0 Å². The van der Waals surface area contributed by atoms with Crippen LogP contribution in [-0.4, -0.2) is 25.6 Å². The fourth-order valence-corrected chi connectivity index (χ4v) is 1.33. The summed E-state index contributed by atoms with van der Waals surface area (Å²) in [5, 5.41) is 0. The fraction of sp³-hybridized carbons (Fsp3) is 0.462. The van der Waals surface area contributed by atoms with Gasteiger partial charge in [0.2, 0.25) is 0 Å². The second-order valence-corrected chi connectivity index (χ2v) is 4.29. The zero-order valence-electron chi connectivity index (χ0n) is 10.0. The quantitative estimate of drug-likeness (QED) is 0.694. The molecule has 0 amide bonds. The zero-order chi connectivity index (χ0) is 12.0. The van der Waals surface area contributed by atoms with Crippen LogP contribution in [0.5, 0.6) is 5.75 Å². The van der Waals surface area contributed by atoms with Crippen molar-refractivity contribution in [1.82, 2.24) is 0 Å². The van der Waals surface area contributed by atoms with Gasteiger partial charge in [0.25, 0.3) is 0 Å². The molecular formula is C13H18O3. The van der Waals surface area contributed by atoms with Crippen LogP contribution in [0.4, 0.5) is 0 Å². The van der Waals surface area contributed by atoms with E-state index in [0.29, 0.717) is 12.2 Å². The summed E-state index contributed by atoms with van der Waals surface area (Å²) in [5.74, 6) is 0.770. The van der Waals surface area contributed by atoms with Gasteiger partial charge in [0.15, 0.2) is 0 Å². The summed E-state index contributed by atoms with van der Waals surface area (Å²) in [5.41, 5.74) is 0.390. The summed E-state index contributed by atoms with van der Waals surface area (Å²) in [4.78, 5) is 10.5. The number of ether oxygens (including phenoxy) is 2. The molecule has 16 heavy (non-hydrogen) atoms. The van der Waals surface area contributed by atoms with Crippen molar-refractivity contribution in [2.45, 2.75) is 25.9 Å². The van der Waals surface area contributed by atoms with Crippen LogP contribution in [0.25, 0.3) is 0 Å². The zero-order valence-corrected chi connectivity index (χ0v) is 10.0. The van der Waals surface area contributed by atoms with Gasteiger partial charge in [0.05, 0.1) is 0 Å². The second kappa shape index (κ2) is 5.66. The first-order valence-corrected chi connectivity index (χ1v) is 5.30. The highest BCUT2D eigenvalue weighted by Gasteiger charge is 2.19. The van der Waals surface area contributed by atoms with Gasteiger partial charge in [-0.2, -0.15) is 0 Å². The van der Waals surface area contributed by atoms with Crippen LogP contribution < -0.4 is 4.74 Å². The molecule has 1 rings (SSSR count). The van der Waals surface area contributed by atoms with Crippen molar-refractivity contribution < 1.29 is 14.3 Å². The van der Waals surface area contributed by atoms with Gasteiger partial charge in [-0.15, -0.1) is 0 Å². The molecule has 88 valence electrons. The molecule has 0 N–H and O–H groups in total. The van der Waals surface area contributed by atoms with Crippen molar-refractivity contribution in [3.63, 3.8) is 0 Å². The summed E-state index contributed by atoms with van der Waals surface area (Å²) in [7, 11) is 1.68. The summed E-state index contributed by atoms with van der Waals surface area (Å²) in [6.07, 6.45) is 1.64. The number of rotatable bonds is 6. The summed E-state index contributed by atoms with van der Waals surface area (Å²) in [6, 6.07) is 7.10. The molecule has 0 aliphatic rings. The van der Waals surface area contributed by atoms with Gasteiger partial charge in [0, 0.05) is 25.7 Å². The largest absolute Gasteiger partial charge is 0.488 e. The molecule has 0 spiro atoms. The van der Waals surface area contributed by atoms with E-state index in [0.717, 1.165) is 18.5 Å². The van der Waals surface area contributed by atoms with E-state index in [1.807, 2.05) is 13.8 Å². The van der Waals surface area contributed by atoms with Gasteiger partial charge >= 0.3 is 0 Å². The topological polar surface area (TPSA) is 35.5 Å². The van der Waals surface area contributed by atoms with Gasteiger partial charge in [-0.05, 0) is 38.1 Å². The van der Waals surface area contributed by atoms with Crippen LogP contribution in [0.3, 0.4) is 0 Å². The maximum absolute atomic E-state index is 10.5. The third-order valence-corrected chi connectivity index (χ3v) is 2.32. The Morgan fingerprint density at radius 3 is 2.38 bits per heavy atom. The van der Waals surface area contributed by atoms with Crippen LogP contribution in [0, 0.1) is 0 Å². The van der Waals surface area contributed by atoms with Crippen molar-refractivity contribution in [2.75, 3.05) is 13.7 Å². The first-order chi connectivity index (χ1) is 7.57. The Hall–Kier alpha value is -1.35. The maximum Gasteiger partial charge on any atom is 0.150 e. The molecule has 0 bridgehead atoms. The third-order valence-electron chi connectivity index (χ3n) is 2.32. The van der Waals surface area contributed by atoms with Crippen molar-refractivity contribution in [2.24, 2.45) is 0 Å². The van der Waals surface area contributed by atoms with E-state index in [1.165, 1.54) is 0 Å². The number of aldehydes is 1. The van der Waals surface area contributed by atoms with E-state index in [4.69, 9.17) is 9.47 Å². The highest BCUT2D eigenvalue weighted by molar-refractivity contribution is 5.74. The molecule has 0 aliphatic carbocycles. The molecule has 1 aromatic carbocycles. The predicted octanol–water partition coefficient (Wildman–Crippen LogP) is 2.69. The standard InChI is InChI=1S/C13H18O3/c1-13(2,8-9-15-3)16-12-6-4-11(10-14)5-7-12/h4-7,10H,8-9H2,1-3H3. The molecule has 0 aliphatic heterocycles. The molecule has 1 aromatic rings. The van der Waals surface area contributed by atoms with Crippen LogP contribution in [-0.2, 0) is 4.74 Å². The smallest absolute Gasteiger partial charge is 0.150 e. The van der Waals surface area contributed by atoms with Crippen molar-refractivity contribution in [3.05, 3.63) is 29.8 Å². The molecular weight excluding hydrogens is 204 g/mol. The number of hydrogen-bond donors (Lipinski definition) is 0. The lowest BCUT2D eigenvalue weighted by molar-refractivity contribution is 0.0630. The van der Waals surface area contributed by atoms with E-state index >= 15 is 0 Å². The Morgan fingerprint density at radius 1 is 1.25 bits per heavy atom. The first-order valence-electron chi connectivity index (χ1n) is 5.30. The van der Waals surface area contributed by atoms with E-state index in [-0.39, 0.29) is 5.60 Å². The fourth-order valence-electron chi connectivity index (χ4n) is 1.33. The average molecular weight is 222 g/mol. The molecule has 0 heterocycles. The number of hydrogen-bond acceptors (Lipinski definition) is 3. The molecule has 0 unspecified atom stereocenters. The van der Waals surface area contributed by atoms with Gasteiger partial charge in [-0.25, -0.2) is 0 Å². The number of methoxy groups -OCH3 is 1. The Kier molecular flexibility index (Phi) is 4.50. The van der Waals surface area contributed by atoms with E-state index in [1.54, 1.807) is 31.4 Å². The minimum absolute atomic E-state index is 0.265. The molecule has 0 aromatic heterocycles.